The Hall–Kier alpha value is -0.560. The fourth-order valence-corrected chi connectivity index (χ4v) is 7.11. The van der Waals surface area contributed by atoms with Gasteiger partial charge in [-0.05, 0) is 85.9 Å². The molecule has 0 spiro atoms. The van der Waals surface area contributed by atoms with E-state index in [4.69, 9.17) is 0 Å². The molecule has 1 heteroatoms. The zero-order valence-electron chi connectivity index (χ0n) is 14.3. The fourth-order valence-electron chi connectivity index (χ4n) is 7.11. The molecule has 4 aliphatic rings. The van der Waals surface area contributed by atoms with Crippen molar-refractivity contribution in [1.82, 2.24) is 0 Å². The third-order valence-electron chi connectivity index (χ3n) is 8.13. The molecule has 0 radical (unpaired) electrons. The Labute approximate surface area is 135 Å². The minimum Gasteiger partial charge on any atom is -0.389 e. The Morgan fingerprint density at radius 2 is 2.05 bits per heavy atom. The van der Waals surface area contributed by atoms with Gasteiger partial charge < -0.3 is 5.11 Å². The van der Waals surface area contributed by atoms with Crippen molar-refractivity contribution >= 4 is 0 Å². The lowest BCUT2D eigenvalue weighted by atomic mass is 9.48. The van der Waals surface area contributed by atoms with Crippen LogP contribution in [0, 0.1) is 40.9 Å². The van der Waals surface area contributed by atoms with Gasteiger partial charge in [0.1, 0.15) is 0 Å². The topological polar surface area (TPSA) is 20.2 Å². The van der Waals surface area contributed by atoms with Crippen molar-refractivity contribution in [1.29, 1.82) is 0 Å². The molecule has 0 aromatic carbocycles. The maximum Gasteiger partial charge on any atom is 0.0724 e. The molecule has 0 bridgehead atoms. The monoisotopic (exact) mass is 300 g/mol. The van der Waals surface area contributed by atoms with Crippen LogP contribution in [0.2, 0.25) is 0 Å². The Morgan fingerprint density at radius 3 is 2.82 bits per heavy atom. The van der Waals surface area contributed by atoms with Gasteiger partial charge in [-0.25, -0.2) is 0 Å². The zero-order chi connectivity index (χ0) is 15.5. The van der Waals surface area contributed by atoms with Crippen LogP contribution in [-0.4, -0.2) is 11.2 Å². The molecule has 0 saturated heterocycles. The van der Waals surface area contributed by atoms with Crippen LogP contribution in [0.3, 0.4) is 0 Å². The predicted octanol–water partition coefficient (Wildman–Crippen LogP) is 4.97. The molecule has 0 aliphatic heterocycles. The quantitative estimate of drug-likeness (QED) is 0.678. The summed E-state index contributed by atoms with van der Waals surface area (Å²) in [5, 5.41) is 10.0. The number of hydrogen-bond donors (Lipinski definition) is 1. The first-order valence-corrected chi connectivity index (χ1v) is 9.56. The van der Waals surface area contributed by atoms with E-state index in [0.29, 0.717) is 5.41 Å². The van der Waals surface area contributed by atoms with Crippen LogP contribution in [0.25, 0.3) is 0 Å². The first-order chi connectivity index (χ1) is 10.5. The number of aliphatic hydroxyl groups excluding tert-OH is 1. The first-order valence-electron chi connectivity index (χ1n) is 9.56. The van der Waals surface area contributed by atoms with E-state index >= 15 is 0 Å². The first kappa shape index (κ1) is 15.0. The Morgan fingerprint density at radius 1 is 1.23 bits per heavy atom. The lowest BCUT2D eigenvalue weighted by Gasteiger charge is -2.57. The summed E-state index contributed by atoms with van der Waals surface area (Å²) in [5.74, 6) is 5.27. The smallest absolute Gasteiger partial charge is 0.0724 e. The Kier molecular flexibility index (Phi) is 3.56. The maximum absolute atomic E-state index is 10.0. The highest BCUT2D eigenvalue weighted by atomic mass is 16.3. The summed E-state index contributed by atoms with van der Waals surface area (Å²) in [4.78, 5) is 0. The van der Waals surface area contributed by atoms with Crippen LogP contribution in [0.5, 0.6) is 0 Å². The molecule has 122 valence electrons. The summed E-state index contributed by atoms with van der Waals surface area (Å²) in [7, 11) is 0. The van der Waals surface area contributed by atoms with Crippen LogP contribution in [0.15, 0.2) is 24.3 Å². The van der Waals surface area contributed by atoms with Crippen LogP contribution in [0.1, 0.15) is 58.8 Å². The molecule has 0 aromatic heterocycles. The third-order valence-corrected chi connectivity index (χ3v) is 8.13. The average molecular weight is 300 g/mol. The molecule has 0 amide bonds. The largest absolute Gasteiger partial charge is 0.389 e. The maximum atomic E-state index is 10.0. The van der Waals surface area contributed by atoms with Crippen molar-refractivity contribution in [3.63, 3.8) is 0 Å². The summed E-state index contributed by atoms with van der Waals surface area (Å²) in [6.07, 6.45) is 13.3. The standard InChI is InChI=1S/C21H32O/c1-4-14-5-7-18-17-8-6-15-12-16(22)9-10-21(15,3)19(17)11-13(2)20(14)18/h4,12-14,16-20,22H,1,5-11H2,2-3H3/t13-,14+,16+,17?,18?,19?,20?,21+/m1/s1. The van der Waals surface area contributed by atoms with Crippen molar-refractivity contribution in [2.24, 2.45) is 40.9 Å². The van der Waals surface area contributed by atoms with E-state index in [1.54, 1.807) is 5.57 Å². The van der Waals surface area contributed by atoms with Crippen LogP contribution in [0.4, 0.5) is 0 Å². The van der Waals surface area contributed by atoms with Crippen LogP contribution in [-0.2, 0) is 0 Å². The van der Waals surface area contributed by atoms with Gasteiger partial charge in [-0.1, -0.05) is 31.6 Å². The fraction of sp³-hybridized carbons (Fsp3) is 0.810. The van der Waals surface area contributed by atoms with Gasteiger partial charge in [-0.15, -0.1) is 6.58 Å². The van der Waals surface area contributed by atoms with E-state index in [0.717, 1.165) is 41.9 Å². The van der Waals surface area contributed by atoms with E-state index in [1.807, 2.05) is 0 Å². The summed E-state index contributed by atoms with van der Waals surface area (Å²) in [6, 6.07) is 0. The third kappa shape index (κ3) is 2.00. The summed E-state index contributed by atoms with van der Waals surface area (Å²) >= 11 is 0. The molecular weight excluding hydrogens is 268 g/mol. The normalized spacial score (nSPS) is 54.0. The van der Waals surface area contributed by atoms with Crippen molar-refractivity contribution in [3.8, 4) is 0 Å². The van der Waals surface area contributed by atoms with Crippen LogP contribution < -0.4 is 0 Å². The molecule has 4 aliphatic carbocycles. The van der Waals surface area contributed by atoms with E-state index in [-0.39, 0.29) is 6.10 Å². The molecule has 0 heterocycles. The Balaban J connectivity index is 1.67. The predicted molar refractivity (Wildman–Crippen MR) is 91.3 cm³/mol. The van der Waals surface area contributed by atoms with Gasteiger partial charge in [0.15, 0.2) is 0 Å². The minimum absolute atomic E-state index is 0.176. The summed E-state index contributed by atoms with van der Waals surface area (Å²) in [6.45, 7) is 9.15. The van der Waals surface area contributed by atoms with E-state index < -0.39 is 0 Å². The summed E-state index contributed by atoms with van der Waals surface area (Å²) in [5.41, 5.74) is 1.98. The molecule has 4 rings (SSSR count). The summed E-state index contributed by atoms with van der Waals surface area (Å²) < 4.78 is 0. The highest BCUT2D eigenvalue weighted by Crippen LogP contribution is 2.64. The molecule has 3 saturated carbocycles. The number of rotatable bonds is 1. The second-order valence-corrected chi connectivity index (χ2v) is 8.96. The van der Waals surface area contributed by atoms with Crippen LogP contribution >= 0.6 is 0 Å². The number of aliphatic hydroxyl groups is 1. The van der Waals surface area contributed by atoms with Crippen molar-refractivity contribution < 1.29 is 5.11 Å². The lowest BCUT2D eigenvalue weighted by molar-refractivity contribution is -0.0369. The van der Waals surface area contributed by atoms with Crippen molar-refractivity contribution in [2.45, 2.75) is 64.9 Å². The highest BCUT2D eigenvalue weighted by Gasteiger charge is 2.55. The van der Waals surface area contributed by atoms with Gasteiger partial charge in [0, 0.05) is 0 Å². The van der Waals surface area contributed by atoms with Gasteiger partial charge in [-0.2, -0.15) is 0 Å². The molecule has 1 N–H and O–H groups in total. The average Bonchev–Trinajstić information content (AvgIpc) is 2.94. The van der Waals surface area contributed by atoms with Gasteiger partial charge >= 0.3 is 0 Å². The molecule has 3 fully saturated rings. The highest BCUT2D eigenvalue weighted by molar-refractivity contribution is 5.25. The second kappa shape index (κ2) is 5.23. The van der Waals surface area contributed by atoms with Gasteiger partial charge in [-0.3, -0.25) is 0 Å². The Bertz CT molecular complexity index is 492. The van der Waals surface area contributed by atoms with Crippen molar-refractivity contribution in [2.75, 3.05) is 0 Å². The molecule has 4 unspecified atom stereocenters. The van der Waals surface area contributed by atoms with Gasteiger partial charge in [0.05, 0.1) is 6.10 Å². The van der Waals surface area contributed by atoms with Gasteiger partial charge in [0.25, 0.3) is 0 Å². The zero-order valence-corrected chi connectivity index (χ0v) is 14.3. The molecular formula is C21H32O. The number of fused-ring (bicyclic) bond motifs is 5. The lowest BCUT2D eigenvalue weighted by Crippen LogP contribution is -2.49. The van der Waals surface area contributed by atoms with Crippen molar-refractivity contribution in [3.05, 3.63) is 24.3 Å². The van der Waals surface area contributed by atoms with E-state index in [9.17, 15) is 5.11 Å². The number of allylic oxidation sites excluding steroid dienone is 2. The van der Waals surface area contributed by atoms with Gasteiger partial charge in [0.2, 0.25) is 0 Å². The molecule has 8 atom stereocenters. The SMILES string of the molecule is C=C[C@H]1CCC2C3CCC4=C[C@@H](O)CC[C@]4(C)C3C[C@@H](C)C21. The molecule has 22 heavy (non-hydrogen) atoms. The molecule has 0 aromatic rings. The molecule has 1 nitrogen and oxygen atoms in total. The second-order valence-electron chi connectivity index (χ2n) is 8.96. The minimum atomic E-state index is -0.176. The van der Waals surface area contributed by atoms with E-state index in [1.165, 1.54) is 38.5 Å². The number of hydrogen-bond acceptors (Lipinski definition) is 1. The van der Waals surface area contributed by atoms with E-state index in [2.05, 4.69) is 32.6 Å².